The SMILES string of the molecule is CCC(=O)c1cc2cc(F)cc(Br)c2o1. The molecule has 0 bridgehead atoms. The zero-order chi connectivity index (χ0) is 11.0. The lowest BCUT2D eigenvalue weighted by Gasteiger charge is -1.92. The summed E-state index contributed by atoms with van der Waals surface area (Å²) in [6.45, 7) is 1.76. The van der Waals surface area contributed by atoms with Crippen molar-refractivity contribution in [2.45, 2.75) is 13.3 Å². The van der Waals surface area contributed by atoms with Crippen LogP contribution in [0.25, 0.3) is 11.0 Å². The van der Waals surface area contributed by atoms with Gasteiger partial charge in [0, 0.05) is 11.8 Å². The van der Waals surface area contributed by atoms with E-state index in [1.165, 1.54) is 12.1 Å². The predicted molar refractivity (Wildman–Crippen MR) is 58.5 cm³/mol. The van der Waals surface area contributed by atoms with E-state index in [1.54, 1.807) is 13.0 Å². The van der Waals surface area contributed by atoms with E-state index in [0.29, 0.717) is 21.9 Å². The number of benzene rings is 1. The number of furan rings is 1. The molecule has 0 saturated heterocycles. The second kappa shape index (κ2) is 3.77. The van der Waals surface area contributed by atoms with Gasteiger partial charge in [-0.05, 0) is 34.1 Å². The van der Waals surface area contributed by atoms with E-state index in [0.717, 1.165) is 0 Å². The fourth-order valence-corrected chi connectivity index (χ4v) is 1.92. The molecule has 2 aromatic rings. The smallest absolute Gasteiger partial charge is 0.197 e. The van der Waals surface area contributed by atoms with Gasteiger partial charge >= 0.3 is 0 Å². The highest BCUT2D eigenvalue weighted by Gasteiger charge is 2.13. The maximum absolute atomic E-state index is 13.0. The molecule has 2 rings (SSSR count). The van der Waals surface area contributed by atoms with Crippen molar-refractivity contribution in [3.63, 3.8) is 0 Å². The molecule has 0 radical (unpaired) electrons. The molecule has 4 heteroatoms. The van der Waals surface area contributed by atoms with Crippen LogP contribution < -0.4 is 0 Å². The van der Waals surface area contributed by atoms with Crippen LogP contribution in [0, 0.1) is 5.82 Å². The number of carbonyl (C=O) groups is 1. The molecular weight excluding hydrogens is 263 g/mol. The van der Waals surface area contributed by atoms with Crippen molar-refractivity contribution in [1.29, 1.82) is 0 Å². The van der Waals surface area contributed by atoms with E-state index in [9.17, 15) is 9.18 Å². The van der Waals surface area contributed by atoms with E-state index in [1.807, 2.05) is 0 Å². The highest BCUT2D eigenvalue weighted by Crippen LogP contribution is 2.28. The monoisotopic (exact) mass is 270 g/mol. The minimum absolute atomic E-state index is 0.0847. The number of carbonyl (C=O) groups excluding carboxylic acids is 1. The zero-order valence-corrected chi connectivity index (χ0v) is 9.60. The molecule has 0 spiro atoms. The standard InChI is InChI=1S/C11H8BrFO2/c1-2-9(14)10-4-6-3-7(13)5-8(12)11(6)15-10/h3-5H,2H2,1H3. The Morgan fingerprint density at radius 2 is 2.20 bits per heavy atom. The quantitative estimate of drug-likeness (QED) is 0.775. The van der Waals surface area contributed by atoms with Crippen LogP contribution in [0.2, 0.25) is 0 Å². The van der Waals surface area contributed by atoms with Gasteiger partial charge in [0.25, 0.3) is 0 Å². The minimum Gasteiger partial charge on any atom is -0.452 e. The van der Waals surface area contributed by atoms with Gasteiger partial charge < -0.3 is 4.42 Å². The molecule has 0 fully saturated rings. The van der Waals surface area contributed by atoms with Gasteiger partial charge in [0.05, 0.1) is 4.47 Å². The Bertz CT molecular complexity index is 531. The van der Waals surface area contributed by atoms with Crippen molar-refractivity contribution in [3.8, 4) is 0 Å². The number of hydrogen-bond acceptors (Lipinski definition) is 2. The third-order valence-corrected chi connectivity index (χ3v) is 2.72. The van der Waals surface area contributed by atoms with Crippen LogP contribution in [0.1, 0.15) is 23.9 Å². The molecule has 0 amide bonds. The van der Waals surface area contributed by atoms with Crippen LogP contribution in [0.5, 0.6) is 0 Å². The van der Waals surface area contributed by atoms with Crippen LogP contribution in [-0.4, -0.2) is 5.78 Å². The van der Waals surface area contributed by atoms with Gasteiger partial charge in [-0.2, -0.15) is 0 Å². The van der Waals surface area contributed by atoms with Crippen molar-refractivity contribution in [2.75, 3.05) is 0 Å². The zero-order valence-electron chi connectivity index (χ0n) is 8.01. The molecule has 2 nitrogen and oxygen atoms in total. The molecule has 78 valence electrons. The summed E-state index contributed by atoms with van der Waals surface area (Å²) in [4.78, 5) is 11.4. The Morgan fingerprint density at radius 1 is 1.47 bits per heavy atom. The van der Waals surface area contributed by atoms with Gasteiger partial charge in [0.1, 0.15) is 11.4 Å². The van der Waals surface area contributed by atoms with E-state index in [-0.39, 0.29) is 17.4 Å². The highest BCUT2D eigenvalue weighted by molar-refractivity contribution is 9.10. The van der Waals surface area contributed by atoms with E-state index in [4.69, 9.17) is 4.42 Å². The lowest BCUT2D eigenvalue weighted by atomic mass is 10.2. The van der Waals surface area contributed by atoms with Crippen molar-refractivity contribution >= 4 is 32.7 Å². The maximum atomic E-state index is 13.0. The lowest BCUT2D eigenvalue weighted by Crippen LogP contribution is -1.92. The Balaban J connectivity index is 2.65. The van der Waals surface area contributed by atoms with Gasteiger partial charge in [-0.15, -0.1) is 0 Å². The Morgan fingerprint density at radius 3 is 2.87 bits per heavy atom. The van der Waals surface area contributed by atoms with Crippen LogP contribution in [0.4, 0.5) is 4.39 Å². The third kappa shape index (κ3) is 1.81. The average Bonchev–Trinajstić information content (AvgIpc) is 2.60. The highest BCUT2D eigenvalue weighted by atomic mass is 79.9. The molecule has 1 heterocycles. The first kappa shape index (κ1) is 10.4. The first-order chi connectivity index (χ1) is 7.11. The minimum atomic E-state index is -0.356. The molecule has 0 saturated carbocycles. The van der Waals surface area contributed by atoms with Crippen molar-refractivity contribution in [3.05, 3.63) is 34.2 Å². The normalized spacial score (nSPS) is 10.9. The van der Waals surface area contributed by atoms with Gasteiger partial charge in [-0.3, -0.25) is 4.79 Å². The number of hydrogen-bond donors (Lipinski definition) is 0. The van der Waals surface area contributed by atoms with Crippen LogP contribution in [-0.2, 0) is 0 Å². The second-order valence-electron chi connectivity index (χ2n) is 3.19. The summed E-state index contributed by atoms with van der Waals surface area (Å²) < 4.78 is 18.9. The Hall–Kier alpha value is -1.16. The topological polar surface area (TPSA) is 30.2 Å². The summed E-state index contributed by atoms with van der Waals surface area (Å²) in [5.41, 5.74) is 0.508. The third-order valence-electron chi connectivity index (χ3n) is 2.13. The summed E-state index contributed by atoms with van der Waals surface area (Å²) in [6, 6.07) is 4.22. The fourth-order valence-electron chi connectivity index (χ4n) is 1.39. The fraction of sp³-hybridized carbons (Fsp3) is 0.182. The van der Waals surface area contributed by atoms with Crippen LogP contribution in [0.3, 0.4) is 0 Å². The predicted octanol–water partition coefficient (Wildman–Crippen LogP) is 3.93. The molecule has 0 aliphatic carbocycles. The largest absolute Gasteiger partial charge is 0.452 e. The number of Topliss-reactive ketones (excluding diaryl/α,β-unsaturated/α-hetero) is 1. The molecular formula is C11H8BrFO2. The van der Waals surface area contributed by atoms with Crippen molar-refractivity contribution in [2.24, 2.45) is 0 Å². The van der Waals surface area contributed by atoms with Crippen LogP contribution >= 0.6 is 15.9 Å². The van der Waals surface area contributed by atoms with Gasteiger partial charge in [0.2, 0.25) is 0 Å². The summed E-state index contributed by atoms with van der Waals surface area (Å²) in [6.07, 6.45) is 0.375. The summed E-state index contributed by atoms with van der Waals surface area (Å²) >= 11 is 3.19. The molecule has 1 aromatic heterocycles. The summed E-state index contributed by atoms with van der Waals surface area (Å²) in [5, 5.41) is 0.596. The molecule has 0 unspecified atom stereocenters. The van der Waals surface area contributed by atoms with Gasteiger partial charge in [0.15, 0.2) is 11.5 Å². The molecule has 0 aliphatic heterocycles. The summed E-state index contributed by atoms with van der Waals surface area (Å²) in [5.74, 6) is -0.164. The number of halogens is 2. The van der Waals surface area contributed by atoms with E-state index >= 15 is 0 Å². The molecule has 1 aromatic carbocycles. The molecule has 0 aliphatic rings. The van der Waals surface area contributed by atoms with E-state index in [2.05, 4.69) is 15.9 Å². The molecule has 0 N–H and O–H groups in total. The molecule has 15 heavy (non-hydrogen) atoms. The Labute approximate surface area is 94.2 Å². The second-order valence-corrected chi connectivity index (χ2v) is 4.05. The van der Waals surface area contributed by atoms with Gasteiger partial charge in [-0.1, -0.05) is 6.92 Å². The maximum Gasteiger partial charge on any atom is 0.197 e. The van der Waals surface area contributed by atoms with Crippen LogP contribution in [0.15, 0.2) is 27.1 Å². The van der Waals surface area contributed by atoms with Crippen molar-refractivity contribution in [1.82, 2.24) is 0 Å². The first-order valence-corrected chi connectivity index (χ1v) is 5.33. The number of fused-ring (bicyclic) bond motifs is 1. The number of rotatable bonds is 2. The van der Waals surface area contributed by atoms with Gasteiger partial charge in [-0.25, -0.2) is 4.39 Å². The Kier molecular flexibility index (Phi) is 2.61. The number of ketones is 1. The molecule has 0 atom stereocenters. The lowest BCUT2D eigenvalue weighted by molar-refractivity contribution is 0.0963. The first-order valence-electron chi connectivity index (χ1n) is 4.53. The summed E-state index contributed by atoms with van der Waals surface area (Å²) in [7, 11) is 0. The van der Waals surface area contributed by atoms with E-state index < -0.39 is 0 Å². The van der Waals surface area contributed by atoms with Crippen molar-refractivity contribution < 1.29 is 13.6 Å². The average molecular weight is 271 g/mol.